The molecule has 1 aliphatic rings. The van der Waals surface area contributed by atoms with Gasteiger partial charge in [-0.25, -0.2) is 0 Å². The van der Waals surface area contributed by atoms with Crippen LogP contribution in [0.1, 0.15) is 83.1 Å². The summed E-state index contributed by atoms with van der Waals surface area (Å²) < 4.78 is 0. The average Bonchev–Trinajstić information content (AvgIpc) is 2.50. The van der Waals surface area contributed by atoms with Gasteiger partial charge in [0.05, 0.1) is 0 Å². The second-order valence-electron chi connectivity index (χ2n) is 6.61. The Morgan fingerprint density at radius 3 is 1.90 bits per heavy atom. The van der Waals surface area contributed by atoms with Gasteiger partial charge in [-0.05, 0) is 30.9 Å². The maximum Gasteiger partial charge on any atom is 0.0374 e. The summed E-state index contributed by atoms with van der Waals surface area (Å²) in [4.78, 5) is 0. The molecule has 21 heavy (non-hydrogen) atoms. The molecule has 1 aromatic rings. The zero-order valence-corrected chi connectivity index (χ0v) is 13.9. The van der Waals surface area contributed by atoms with Crippen LogP contribution in [0.25, 0.3) is 0 Å². The Balaban J connectivity index is 1.90. The molecule has 0 atom stereocenters. The molecule has 0 aliphatic heterocycles. The van der Waals surface area contributed by atoms with E-state index in [1.165, 1.54) is 81.9 Å². The maximum atomic E-state index is 3.85. The van der Waals surface area contributed by atoms with E-state index in [9.17, 15) is 0 Å². The molecule has 0 saturated heterocycles. The number of hydrogen-bond acceptors (Lipinski definition) is 1. The lowest BCUT2D eigenvalue weighted by atomic mass is 9.97. The van der Waals surface area contributed by atoms with E-state index < -0.39 is 0 Å². The van der Waals surface area contributed by atoms with Crippen LogP contribution < -0.4 is 5.32 Å². The van der Waals surface area contributed by atoms with E-state index in [4.69, 9.17) is 0 Å². The van der Waals surface area contributed by atoms with Crippen molar-refractivity contribution in [2.45, 2.75) is 90.0 Å². The van der Waals surface area contributed by atoms with Crippen LogP contribution in [0.15, 0.2) is 24.3 Å². The van der Waals surface area contributed by atoms with Gasteiger partial charge in [0.2, 0.25) is 0 Å². The summed E-state index contributed by atoms with van der Waals surface area (Å²) in [6, 6.07) is 9.52. The minimum absolute atomic E-state index is 0.678. The predicted molar refractivity (Wildman–Crippen MR) is 94.0 cm³/mol. The van der Waals surface area contributed by atoms with E-state index in [2.05, 4.69) is 36.5 Å². The van der Waals surface area contributed by atoms with Crippen molar-refractivity contribution in [1.29, 1.82) is 0 Å². The fourth-order valence-electron chi connectivity index (χ4n) is 3.50. The molecule has 1 nitrogen and oxygen atoms in total. The van der Waals surface area contributed by atoms with Gasteiger partial charge >= 0.3 is 0 Å². The summed E-state index contributed by atoms with van der Waals surface area (Å²) in [7, 11) is 0. The maximum absolute atomic E-state index is 3.85. The van der Waals surface area contributed by atoms with Gasteiger partial charge in [0, 0.05) is 11.7 Å². The Morgan fingerprint density at radius 1 is 0.810 bits per heavy atom. The zero-order valence-electron chi connectivity index (χ0n) is 13.9. The summed E-state index contributed by atoms with van der Waals surface area (Å²) in [5.41, 5.74) is 2.83. The van der Waals surface area contributed by atoms with E-state index in [0.29, 0.717) is 6.04 Å². The van der Waals surface area contributed by atoms with Gasteiger partial charge in [-0.3, -0.25) is 0 Å². The van der Waals surface area contributed by atoms with Gasteiger partial charge < -0.3 is 5.32 Å². The van der Waals surface area contributed by atoms with Crippen LogP contribution in [0.5, 0.6) is 0 Å². The molecule has 0 unspecified atom stereocenters. The summed E-state index contributed by atoms with van der Waals surface area (Å²) in [5, 5.41) is 3.85. The van der Waals surface area contributed by atoms with Gasteiger partial charge in [-0.2, -0.15) is 0 Å². The van der Waals surface area contributed by atoms with Gasteiger partial charge in [0.15, 0.2) is 0 Å². The molecule has 1 aromatic carbocycles. The predicted octanol–water partition coefficient (Wildman–Crippen LogP) is 6.33. The third-order valence-corrected chi connectivity index (χ3v) is 4.86. The van der Waals surface area contributed by atoms with Crippen LogP contribution >= 0.6 is 0 Å². The third kappa shape index (κ3) is 6.11. The number of nitrogens with one attached hydrogen (secondary N) is 1. The number of benzene rings is 1. The smallest absolute Gasteiger partial charge is 0.0374 e. The minimum atomic E-state index is 0.678. The van der Waals surface area contributed by atoms with Gasteiger partial charge in [0.25, 0.3) is 0 Å². The van der Waals surface area contributed by atoms with Crippen molar-refractivity contribution in [2.75, 3.05) is 5.32 Å². The number of aryl methyl sites for hydroxylation is 1. The molecule has 0 heterocycles. The average molecular weight is 287 g/mol. The second kappa shape index (κ2) is 9.87. The Kier molecular flexibility index (Phi) is 7.70. The zero-order chi connectivity index (χ0) is 14.8. The first-order valence-corrected chi connectivity index (χ1v) is 9.24. The molecule has 1 saturated carbocycles. The molecular formula is C20H33N. The second-order valence-corrected chi connectivity index (χ2v) is 6.61. The molecular weight excluding hydrogens is 254 g/mol. The van der Waals surface area contributed by atoms with Gasteiger partial charge in [0.1, 0.15) is 0 Å². The standard InChI is InChI=1S/C20H33N/c1-2-18-14-12-13-17-20(18)21-19-15-10-8-6-4-3-5-7-9-11-16-19/h12-14,17,19,21H,2-11,15-16H2,1H3. The van der Waals surface area contributed by atoms with E-state index >= 15 is 0 Å². The Labute approximate surface area is 131 Å². The monoisotopic (exact) mass is 287 g/mol. The highest BCUT2D eigenvalue weighted by atomic mass is 14.9. The molecule has 118 valence electrons. The van der Waals surface area contributed by atoms with E-state index in [1.807, 2.05) is 0 Å². The molecule has 1 heteroatoms. The van der Waals surface area contributed by atoms with Gasteiger partial charge in [-0.15, -0.1) is 0 Å². The van der Waals surface area contributed by atoms with E-state index in [-0.39, 0.29) is 0 Å². The molecule has 1 aliphatic carbocycles. The summed E-state index contributed by atoms with van der Waals surface area (Å²) in [6.45, 7) is 2.25. The Bertz CT molecular complexity index is 373. The highest BCUT2D eigenvalue weighted by molar-refractivity contribution is 5.51. The van der Waals surface area contributed by atoms with E-state index in [0.717, 1.165) is 6.42 Å². The molecule has 0 spiro atoms. The van der Waals surface area contributed by atoms with Crippen LogP contribution in [0, 0.1) is 0 Å². The Morgan fingerprint density at radius 2 is 1.33 bits per heavy atom. The van der Waals surface area contributed by atoms with Crippen molar-refractivity contribution >= 4 is 5.69 Å². The molecule has 1 N–H and O–H groups in total. The van der Waals surface area contributed by atoms with Crippen LogP contribution in [0.4, 0.5) is 5.69 Å². The van der Waals surface area contributed by atoms with Gasteiger partial charge in [-0.1, -0.05) is 82.9 Å². The fourth-order valence-corrected chi connectivity index (χ4v) is 3.50. The van der Waals surface area contributed by atoms with Crippen molar-refractivity contribution in [3.63, 3.8) is 0 Å². The van der Waals surface area contributed by atoms with E-state index in [1.54, 1.807) is 0 Å². The molecule has 0 amide bonds. The van der Waals surface area contributed by atoms with Crippen molar-refractivity contribution in [2.24, 2.45) is 0 Å². The number of para-hydroxylation sites is 1. The fraction of sp³-hybridized carbons (Fsp3) is 0.700. The number of rotatable bonds is 3. The Hall–Kier alpha value is -0.980. The quantitative estimate of drug-likeness (QED) is 0.684. The topological polar surface area (TPSA) is 12.0 Å². The minimum Gasteiger partial charge on any atom is -0.382 e. The summed E-state index contributed by atoms with van der Waals surface area (Å²) in [5.74, 6) is 0. The molecule has 0 aromatic heterocycles. The molecule has 2 rings (SSSR count). The highest BCUT2D eigenvalue weighted by Crippen LogP contribution is 2.22. The largest absolute Gasteiger partial charge is 0.382 e. The van der Waals surface area contributed by atoms with Crippen molar-refractivity contribution < 1.29 is 0 Å². The first-order chi connectivity index (χ1) is 10.4. The lowest BCUT2D eigenvalue weighted by Gasteiger charge is -2.22. The normalized spacial score (nSPS) is 19.5. The van der Waals surface area contributed by atoms with Crippen molar-refractivity contribution in [3.8, 4) is 0 Å². The van der Waals surface area contributed by atoms with Crippen LogP contribution in [-0.2, 0) is 6.42 Å². The summed E-state index contributed by atoms with van der Waals surface area (Å²) in [6.07, 6.45) is 16.7. The molecule has 0 radical (unpaired) electrons. The SMILES string of the molecule is CCc1ccccc1NC1CCCCCCCCCCC1. The van der Waals surface area contributed by atoms with Crippen LogP contribution in [-0.4, -0.2) is 6.04 Å². The lowest BCUT2D eigenvalue weighted by Crippen LogP contribution is -2.20. The van der Waals surface area contributed by atoms with Crippen molar-refractivity contribution in [3.05, 3.63) is 29.8 Å². The first-order valence-electron chi connectivity index (χ1n) is 9.24. The molecule has 0 bridgehead atoms. The highest BCUT2D eigenvalue weighted by Gasteiger charge is 2.10. The van der Waals surface area contributed by atoms with Crippen LogP contribution in [0.2, 0.25) is 0 Å². The third-order valence-electron chi connectivity index (χ3n) is 4.86. The van der Waals surface area contributed by atoms with Crippen molar-refractivity contribution in [1.82, 2.24) is 0 Å². The molecule has 1 fully saturated rings. The number of anilines is 1. The van der Waals surface area contributed by atoms with Crippen LogP contribution in [0.3, 0.4) is 0 Å². The lowest BCUT2D eigenvalue weighted by molar-refractivity contribution is 0.480. The number of hydrogen-bond donors (Lipinski definition) is 1. The first kappa shape index (κ1) is 16.4. The summed E-state index contributed by atoms with van der Waals surface area (Å²) >= 11 is 0.